The number of hydrogen-bond donors (Lipinski definition) is 2. The van der Waals surface area contributed by atoms with Crippen LogP contribution in [0.2, 0.25) is 4.34 Å². The van der Waals surface area contributed by atoms with Gasteiger partial charge >= 0.3 is 0 Å². The standard InChI is InChI=1S/C10H15ClN2S/c11-10-4-3-9(14-10)6-13-8-2-1-7(12)5-8/h3-4,7-8,13H,1-2,5-6,12H2. The van der Waals surface area contributed by atoms with E-state index in [0.717, 1.165) is 23.7 Å². The van der Waals surface area contributed by atoms with Crippen molar-refractivity contribution in [2.24, 2.45) is 5.73 Å². The third-order valence-electron chi connectivity index (χ3n) is 2.67. The second kappa shape index (κ2) is 4.62. The van der Waals surface area contributed by atoms with Crippen LogP contribution in [0.1, 0.15) is 24.1 Å². The molecule has 1 aliphatic carbocycles. The molecule has 0 amide bonds. The highest BCUT2D eigenvalue weighted by Crippen LogP contribution is 2.22. The summed E-state index contributed by atoms with van der Waals surface area (Å²) in [5.41, 5.74) is 5.84. The van der Waals surface area contributed by atoms with E-state index in [1.165, 1.54) is 11.3 Å². The molecule has 78 valence electrons. The van der Waals surface area contributed by atoms with Crippen LogP contribution in [0.5, 0.6) is 0 Å². The fourth-order valence-electron chi connectivity index (χ4n) is 1.89. The Morgan fingerprint density at radius 1 is 1.50 bits per heavy atom. The van der Waals surface area contributed by atoms with Gasteiger partial charge in [-0.2, -0.15) is 0 Å². The van der Waals surface area contributed by atoms with E-state index in [1.54, 1.807) is 11.3 Å². The molecule has 1 aliphatic rings. The second-order valence-corrected chi connectivity index (χ2v) is 5.66. The Balaban J connectivity index is 1.77. The number of nitrogens with one attached hydrogen (secondary N) is 1. The van der Waals surface area contributed by atoms with Crippen molar-refractivity contribution in [3.05, 3.63) is 21.3 Å². The zero-order chi connectivity index (χ0) is 9.97. The molecule has 1 heterocycles. The van der Waals surface area contributed by atoms with E-state index in [4.69, 9.17) is 17.3 Å². The number of nitrogens with two attached hydrogens (primary N) is 1. The number of halogens is 1. The maximum atomic E-state index is 5.85. The Labute approximate surface area is 93.4 Å². The Morgan fingerprint density at radius 2 is 2.36 bits per heavy atom. The van der Waals surface area contributed by atoms with E-state index in [0.29, 0.717) is 12.1 Å². The van der Waals surface area contributed by atoms with Gasteiger partial charge in [0, 0.05) is 23.5 Å². The third-order valence-corrected chi connectivity index (χ3v) is 3.90. The Kier molecular flexibility index (Phi) is 3.44. The molecular formula is C10H15ClN2S. The molecule has 2 nitrogen and oxygen atoms in total. The molecule has 3 N–H and O–H groups in total. The molecule has 14 heavy (non-hydrogen) atoms. The number of rotatable bonds is 3. The van der Waals surface area contributed by atoms with Gasteiger partial charge in [-0.05, 0) is 31.4 Å². The average molecular weight is 231 g/mol. The monoisotopic (exact) mass is 230 g/mol. The lowest BCUT2D eigenvalue weighted by atomic mass is 10.2. The third kappa shape index (κ3) is 2.70. The zero-order valence-electron chi connectivity index (χ0n) is 8.00. The van der Waals surface area contributed by atoms with Crippen LogP contribution in [0.3, 0.4) is 0 Å². The molecule has 2 rings (SSSR count). The van der Waals surface area contributed by atoms with Gasteiger partial charge < -0.3 is 11.1 Å². The molecule has 2 atom stereocenters. The van der Waals surface area contributed by atoms with Gasteiger partial charge in [-0.3, -0.25) is 0 Å². The van der Waals surface area contributed by atoms with Crippen LogP contribution in [0, 0.1) is 0 Å². The molecule has 1 aromatic rings. The van der Waals surface area contributed by atoms with Crippen molar-refractivity contribution in [2.75, 3.05) is 0 Å². The van der Waals surface area contributed by atoms with Gasteiger partial charge in [0.25, 0.3) is 0 Å². The van der Waals surface area contributed by atoms with Crippen LogP contribution in [0.4, 0.5) is 0 Å². The van der Waals surface area contributed by atoms with E-state index in [-0.39, 0.29) is 0 Å². The summed E-state index contributed by atoms with van der Waals surface area (Å²) in [5, 5.41) is 3.51. The molecule has 1 saturated carbocycles. The summed E-state index contributed by atoms with van der Waals surface area (Å²) in [6.45, 7) is 0.925. The molecule has 1 aromatic heterocycles. The van der Waals surface area contributed by atoms with Gasteiger partial charge in [0.1, 0.15) is 0 Å². The lowest BCUT2D eigenvalue weighted by Crippen LogP contribution is -2.27. The maximum Gasteiger partial charge on any atom is 0.0931 e. The first-order chi connectivity index (χ1) is 6.74. The van der Waals surface area contributed by atoms with Gasteiger partial charge in [-0.25, -0.2) is 0 Å². The fourth-order valence-corrected chi connectivity index (χ4v) is 2.93. The van der Waals surface area contributed by atoms with Gasteiger partial charge in [0.15, 0.2) is 0 Å². The Bertz CT molecular complexity index is 300. The minimum atomic E-state index is 0.402. The van der Waals surface area contributed by atoms with Gasteiger partial charge in [0.2, 0.25) is 0 Å². The molecule has 0 aromatic carbocycles. The highest BCUT2D eigenvalue weighted by molar-refractivity contribution is 7.16. The van der Waals surface area contributed by atoms with Crippen molar-refractivity contribution in [3.63, 3.8) is 0 Å². The van der Waals surface area contributed by atoms with E-state index < -0.39 is 0 Å². The molecule has 2 unspecified atom stereocenters. The van der Waals surface area contributed by atoms with Crippen molar-refractivity contribution in [2.45, 2.75) is 37.9 Å². The zero-order valence-corrected chi connectivity index (χ0v) is 9.57. The smallest absolute Gasteiger partial charge is 0.0931 e. The van der Waals surface area contributed by atoms with Gasteiger partial charge in [-0.15, -0.1) is 11.3 Å². The van der Waals surface area contributed by atoms with E-state index in [1.807, 2.05) is 6.07 Å². The van der Waals surface area contributed by atoms with E-state index in [2.05, 4.69) is 11.4 Å². The summed E-state index contributed by atoms with van der Waals surface area (Å²) in [6.07, 6.45) is 3.47. The molecule has 0 spiro atoms. The van der Waals surface area contributed by atoms with Crippen molar-refractivity contribution >= 4 is 22.9 Å². The highest BCUT2D eigenvalue weighted by atomic mass is 35.5. The van der Waals surface area contributed by atoms with Gasteiger partial charge in [-0.1, -0.05) is 11.6 Å². The largest absolute Gasteiger partial charge is 0.328 e. The van der Waals surface area contributed by atoms with Gasteiger partial charge in [0.05, 0.1) is 4.34 Å². The van der Waals surface area contributed by atoms with Crippen LogP contribution in [-0.4, -0.2) is 12.1 Å². The number of hydrogen-bond acceptors (Lipinski definition) is 3. The minimum absolute atomic E-state index is 0.402. The van der Waals surface area contributed by atoms with Crippen LogP contribution in [0.25, 0.3) is 0 Å². The Hall–Kier alpha value is -0.0900. The molecular weight excluding hydrogens is 216 g/mol. The van der Waals surface area contributed by atoms with Crippen molar-refractivity contribution < 1.29 is 0 Å². The molecule has 0 radical (unpaired) electrons. The maximum absolute atomic E-state index is 5.85. The van der Waals surface area contributed by atoms with Crippen molar-refractivity contribution in [1.82, 2.24) is 5.32 Å². The average Bonchev–Trinajstić information content (AvgIpc) is 2.72. The fraction of sp³-hybridized carbons (Fsp3) is 0.600. The summed E-state index contributed by atoms with van der Waals surface area (Å²) < 4.78 is 0.866. The molecule has 1 fully saturated rings. The first kappa shape index (κ1) is 10.4. The van der Waals surface area contributed by atoms with E-state index in [9.17, 15) is 0 Å². The Morgan fingerprint density at radius 3 is 2.93 bits per heavy atom. The van der Waals surface area contributed by atoms with Crippen LogP contribution in [-0.2, 0) is 6.54 Å². The molecule has 0 saturated heterocycles. The van der Waals surface area contributed by atoms with Crippen LogP contribution in [0.15, 0.2) is 12.1 Å². The lowest BCUT2D eigenvalue weighted by molar-refractivity contribution is 0.519. The molecule has 0 bridgehead atoms. The quantitative estimate of drug-likeness (QED) is 0.837. The van der Waals surface area contributed by atoms with Crippen LogP contribution < -0.4 is 11.1 Å². The normalized spacial score (nSPS) is 27.0. The summed E-state index contributed by atoms with van der Waals surface area (Å²) in [5.74, 6) is 0. The van der Waals surface area contributed by atoms with E-state index >= 15 is 0 Å². The second-order valence-electron chi connectivity index (χ2n) is 3.86. The first-order valence-electron chi connectivity index (χ1n) is 4.97. The minimum Gasteiger partial charge on any atom is -0.328 e. The predicted octanol–water partition coefficient (Wildman–Crippen LogP) is 2.37. The molecule has 0 aliphatic heterocycles. The van der Waals surface area contributed by atoms with Crippen molar-refractivity contribution in [3.8, 4) is 0 Å². The topological polar surface area (TPSA) is 38.0 Å². The first-order valence-corrected chi connectivity index (χ1v) is 6.16. The van der Waals surface area contributed by atoms with Crippen LogP contribution >= 0.6 is 22.9 Å². The molecule has 4 heteroatoms. The lowest BCUT2D eigenvalue weighted by Gasteiger charge is -2.10. The summed E-state index contributed by atoms with van der Waals surface area (Å²) in [4.78, 5) is 1.30. The predicted molar refractivity (Wildman–Crippen MR) is 61.8 cm³/mol. The summed E-state index contributed by atoms with van der Waals surface area (Å²) in [7, 11) is 0. The summed E-state index contributed by atoms with van der Waals surface area (Å²) >= 11 is 7.49. The highest BCUT2D eigenvalue weighted by Gasteiger charge is 2.20. The number of thiophene rings is 1. The summed E-state index contributed by atoms with van der Waals surface area (Å²) in [6, 6.07) is 5.03. The van der Waals surface area contributed by atoms with Crippen molar-refractivity contribution in [1.29, 1.82) is 0 Å². The SMILES string of the molecule is NC1CCC(NCc2ccc(Cl)s2)C1.